The molecule has 1 atom stereocenters. The maximum absolute atomic E-state index is 12.8. The van der Waals surface area contributed by atoms with E-state index in [-0.39, 0.29) is 16.6 Å². The predicted octanol–water partition coefficient (Wildman–Crippen LogP) is 3.08. The van der Waals surface area contributed by atoms with Gasteiger partial charge in [-0.15, -0.1) is 0 Å². The Kier molecular flexibility index (Phi) is 8.63. The highest BCUT2D eigenvalue weighted by atomic mass is 35.5. The van der Waals surface area contributed by atoms with Crippen molar-refractivity contribution < 1.29 is 4.79 Å². The third-order valence-corrected chi connectivity index (χ3v) is 5.97. The van der Waals surface area contributed by atoms with Crippen molar-refractivity contribution in [2.45, 2.75) is 25.8 Å². The molecule has 0 bridgehead atoms. The molecule has 1 aliphatic rings. The lowest BCUT2D eigenvalue weighted by molar-refractivity contribution is 0.0840. The maximum atomic E-state index is 12.8. The summed E-state index contributed by atoms with van der Waals surface area (Å²) in [5, 5.41) is 3.26. The van der Waals surface area contributed by atoms with Gasteiger partial charge < -0.3 is 15.1 Å². The van der Waals surface area contributed by atoms with Crippen LogP contribution in [0.1, 0.15) is 41.9 Å². The van der Waals surface area contributed by atoms with Crippen molar-refractivity contribution in [3.05, 3.63) is 52.8 Å². The van der Waals surface area contributed by atoms with Crippen molar-refractivity contribution in [3.8, 4) is 0 Å². The van der Waals surface area contributed by atoms with Crippen LogP contribution in [-0.4, -0.2) is 79.0 Å². The van der Waals surface area contributed by atoms with E-state index in [1.807, 2.05) is 18.0 Å². The molecule has 1 fully saturated rings. The number of likely N-dealkylation sites (N-methyl/N-ethyl adjacent to an activating group) is 1. The fourth-order valence-electron chi connectivity index (χ4n) is 3.81. The molecule has 1 saturated heterocycles. The summed E-state index contributed by atoms with van der Waals surface area (Å²) in [5.41, 5.74) is 1.53. The minimum atomic E-state index is -0.261. The van der Waals surface area contributed by atoms with Crippen LogP contribution in [-0.2, 0) is 0 Å². The standard InChI is InChI=1S/C23H33ClN6O/c1-4-5-12-29(3)23-26-16-19(24)21(27-23)22(31)25-11-13-30-15-14-28(2)17-20(30)18-9-7-6-8-10-18/h6-10,16,20H,4-5,11-15,17H2,1-3H3,(H,25,31). The van der Waals surface area contributed by atoms with Crippen LogP contribution in [0.4, 0.5) is 5.95 Å². The molecule has 1 N–H and O–H groups in total. The minimum absolute atomic E-state index is 0.230. The van der Waals surface area contributed by atoms with Crippen LogP contribution in [0, 0.1) is 0 Å². The van der Waals surface area contributed by atoms with Crippen molar-refractivity contribution in [3.63, 3.8) is 0 Å². The average Bonchev–Trinajstić information content (AvgIpc) is 2.79. The van der Waals surface area contributed by atoms with Gasteiger partial charge in [-0.3, -0.25) is 9.69 Å². The van der Waals surface area contributed by atoms with E-state index in [2.05, 4.69) is 63.3 Å². The normalized spacial score (nSPS) is 17.5. The Morgan fingerprint density at radius 1 is 1.29 bits per heavy atom. The fraction of sp³-hybridized carbons (Fsp3) is 0.522. The third kappa shape index (κ3) is 6.38. The first-order valence-electron chi connectivity index (χ1n) is 11.0. The highest BCUT2D eigenvalue weighted by Crippen LogP contribution is 2.24. The zero-order valence-corrected chi connectivity index (χ0v) is 19.5. The highest BCUT2D eigenvalue weighted by Gasteiger charge is 2.26. The van der Waals surface area contributed by atoms with Gasteiger partial charge in [0.05, 0.1) is 11.2 Å². The summed E-state index contributed by atoms with van der Waals surface area (Å²) < 4.78 is 0. The topological polar surface area (TPSA) is 64.6 Å². The van der Waals surface area contributed by atoms with Gasteiger partial charge in [-0.05, 0) is 19.0 Å². The molecule has 0 aliphatic carbocycles. The average molecular weight is 445 g/mol. The number of nitrogens with zero attached hydrogens (tertiary/aromatic N) is 5. The van der Waals surface area contributed by atoms with Crippen LogP contribution in [0.5, 0.6) is 0 Å². The molecule has 7 nitrogen and oxygen atoms in total. The monoisotopic (exact) mass is 444 g/mol. The minimum Gasteiger partial charge on any atom is -0.349 e. The van der Waals surface area contributed by atoms with Gasteiger partial charge in [-0.25, -0.2) is 9.97 Å². The number of piperazine rings is 1. The Balaban J connectivity index is 1.60. The van der Waals surface area contributed by atoms with Crippen molar-refractivity contribution in [1.29, 1.82) is 0 Å². The molecule has 1 unspecified atom stereocenters. The first kappa shape index (κ1) is 23.4. The number of carbonyl (C=O) groups is 1. The fourth-order valence-corrected chi connectivity index (χ4v) is 3.99. The zero-order chi connectivity index (χ0) is 22.2. The molecule has 1 amide bonds. The number of hydrogen-bond acceptors (Lipinski definition) is 6. The molecule has 2 aromatic rings. The van der Waals surface area contributed by atoms with Gasteiger partial charge in [-0.1, -0.05) is 55.3 Å². The second-order valence-corrected chi connectivity index (χ2v) is 8.53. The Bertz CT molecular complexity index is 849. The van der Waals surface area contributed by atoms with Gasteiger partial charge in [0.1, 0.15) is 0 Å². The number of hydrogen-bond donors (Lipinski definition) is 1. The molecule has 0 spiro atoms. The molecule has 1 aliphatic heterocycles. The third-order valence-electron chi connectivity index (χ3n) is 5.70. The summed E-state index contributed by atoms with van der Waals surface area (Å²) in [7, 11) is 4.08. The lowest BCUT2D eigenvalue weighted by atomic mass is 10.0. The molecule has 8 heteroatoms. The molecule has 1 aromatic carbocycles. The second kappa shape index (κ2) is 11.4. The van der Waals surface area contributed by atoms with E-state index in [4.69, 9.17) is 11.6 Å². The number of carbonyl (C=O) groups excluding carboxylic acids is 1. The summed E-state index contributed by atoms with van der Waals surface area (Å²) >= 11 is 6.23. The van der Waals surface area contributed by atoms with Gasteiger partial charge >= 0.3 is 0 Å². The molecule has 1 aromatic heterocycles. The summed E-state index contributed by atoms with van der Waals surface area (Å²) in [6.45, 7) is 7.23. The van der Waals surface area contributed by atoms with Crippen molar-refractivity contribution in [2.75, 3.05) is 58.3 Å². The number of benzene rings is 1. The van der Waals surface area contributed by atoms with Gasteiger partial charge in [-0.2, -0.15) is 0 Å². The van der Waals surface area contributed by atoms with E-state index in [1.165, 1.54) is 11.8 Å². The van der Waals surface area contributed by atoms with Crippen molar-refractivity contribution in [1.82, 2.24) is 25.1 Å². The van der Waals surface area contributed by atoms with Crippen LogP contribution in [0.25, 0.3) is 0 Å². The van der Waals surface area contributed by atoms with Crippen LogP contribution >= 0.6 is 11.6 Å². The molecule has 168 valence electrons. The number of anilines is 1. The first-order chi connectivity index (χ1) is 15.0. The Morgan fingerprint density at radius 3 is 2.81 bits per heavy atom. The van der Waals surface area contributed by atoms with Crippen molar-refractivity contribution in [2.24, 2.45) is 0 Å². The molecule has 0 saturated carbocycles. The largest absolute Gasteiger partial charge is 0.349 e. The summed E-state index contributed by atoms with van der Waals surface area (Å²) in [4.78, 5) is 28.2. The number of aromatic nitrogens is 2. The predicted molar refractivity (Wildman–Crippen MR) is 126 cm³/mol. The van der Waals surface area contributed by atoms with E-state index in [1.54, 1.807) is 0 Å². The van der Waals surface area contributed by atoms with E-state index < -0.39 is 0 Å². The molecule has 31 heavy (non-hydrogen) atoms. The molecule has 2 heterocycles. The lowest BCUT2D eigenvalue weighted by Crippen LogP contribution is -2.49. The van der Waals surface area contributed by atoms with Crippen molar-refractivity contribution >= 4 is 23.5 Å². The number of rotatable bonds is 9. The van der Waals surface area contributed by atoms with Crippen LogP contribution in [0.15, 0.2) is 36.5 Å². The maximum Gasteiger partial charge on any atom is 0.271 e. The van der Waals surface area contributed by atoms with Gasteiger partial charge in [0, 0.05) is 52.4 Å². The van der Waals surface area contributed by atoms with E-state index in [0.717, 1.165) is 45.6 Å². The van der Waals surface area contributed by atoms with Crippen LogP contribution in [0.2, 0.25) is 5.02 Å². The van der Waals surface area contributed by atoms with Crippen LogP contribution < -0.4 is 10.2 Å². The first-order valence-corrected chi connectivity index (χ1v) is 11.4. The molecule has 3 rings (SSSR count). The smallest absolute Gasteiger partial charge is 0.271 e. The number of unbranched alkanes of at least 4 members (excludes halogenated alkanes) is 1. The van der Waals surface area contributed by atoms with Gasteiger partial charge in [0.25, 0.3) is 5.91 Å². The number of amides is 1. The number of halogens is 1. The quantitative estimate of drug-likeness (QED) is 0.641. The van der Waals surface area contributed by atoms with E-state index in [9.17, 15) is 4.79 Å². The summed E-state index contributed by atoms with van der Waals surface area (Å²) in [6.07, 6.45) is 3.63. The molecular weight excluding hydrogens is 412 g/mol. The SMILES string of the molecule is CCCCN(C)c1ncc(Cl)c(C(=O)NCCN2CCN(C)CC2c2ccccc2)n1. The Hall–Kier alpha value is -2.22. The second-order valence-electron chi connectivity index (χ2n) is 8.12. The summed E-state index contributed by atoms with van der Waals surface area (Å²) in [6, 6.07) is 10.9. The Morgan fingerprint density at radius 2 is 2.06 bits per heavy atom. The molecular formula is C23H33ClN6O. The van der Waals surface area contributed by atoms with Gasteiger partial charge in [0.2, 0.25) is 5.95 Å². The summed E-state index contributed by atoms with van der Waals surface area (Å²) in [5.74, 6) is 0.258. The van der Waals surface area contributed by atoms with E-state index in [0.29, 0.717) is 18.5 Å². The highest BCUT2D eigenvalue weighted by molar-refractivity contribution is 6.33. The van der Waals surface area contributed by atoms with E-state index >= 15 is 0 Å². The molecule has 0 radical (unpaired) electrons. The Labute approximate surface area is 190 Å². The number of nitrogens with one attached hydrogen (secondary N) is 1. The zero-order valence-electron chi connectivity index (χ0n) is 18.7. The van der Waals surface area contributed by atoms with Crippen LogP contribution in [0.3, 0.4) is 0 Å². The van der Waals surface area contributed by atoms with Gasteiger partial charge in [0.15, 0.2) is 5.69 Å². The lowest BCUT2D eigenvalue weighted by Gasteiger charge is -2.40.